The summed E-state index contributed by atoms with van der Waals surface area (Å²) >= 11 is 15.8. The standard InChI is InChI=1S/C23H22BrCl2NO2/c1-28-22-11-10-20(24)19(14-27-13-12-16-6-8-18(25)9-7-16)23(22)29-15-17-4-2-3-5-21(17)26/h2-11,27H,12-15H2,1H3. The van der Waals surface area contributed by atoms with Crippen molar-refractivity contribution in [3.8, 4) is 11.5 Å². The zero-order chi connectivity index (χ0) is 20.6. The molecule has 0 spiro atoms. The number of hydrogen-bond donors (Lipinski definition) is 1. The Hall–Kier alpha value is -1.72. The highest BCUT2D eigenvalue weighted by Crippen LogP contribution is 2.37. The first-order chi connectivity index (χ1) is 14.1. The molecule has 3 aromatic carbocycles. The molecule has 29 heavy (non-hydrogen) atoms. The lowest BCUT2D eigenvalue weighted by atomic mass is 10.1. The van der Waals surface area contributed by atoms with Crippen molar-refractivity contribution < 1.29 is 9.47 Å². The summed E-state index contributed by atoms with van der Waals surface area (Å²) in [6, 6.07) is 19.4. The van der Waals surface area contributed by atoms with Gasteiger partial charge in [-0.25, -0.2) is 0 Å². The molecule has 3 nitrogen and oxygen atoms in total. The SMILES string of the molecule is COc1ccc(Br)c(CNCCc2ccc(Cl)cc2)c1OCc1ccccc1Cl. The Balaban J connectivity index is 1.68. The molecule has 152 valence electrons. The van der Waals surface area contributed by atoms with Gasteiger partial charge < -0.3 is 14.8 Å². The summed E-state index contributed by atoms with van der Waals surface area (Å²) in [7, 11) is 1.64. The van der Waals surface area contributed by atoms with Crippen LogP contribution < -0.4 is 14.8 Å². The molecule has 0 saturated heterocycles. The molecule has 0 aliphatic heterocycles. The second-order valence-electron chi connectivity index (χ2n) is 6.49. The van der Waals surface area contributed by atoms with Crippen molar-refractivity contribution in [2.45, 2.75) is 19.6 Å². The largest absolute Gasteiger partial charge is 0.493 e. The van der Waals surface area contributed by atoms with Crippen LogP contribution in [0.15, 0.2) is 65.1 Å². The second-order valence-corrected chi connectivity index (χ2v) is 8.19. The average molecular weight is 495 g/mol. The first-order valence-electron chi connectivity index (χ1n) is 9.25. The van der Waals surface area contributed by atoms with Gasteiger partial charge in [0.1, 0.15) is 6.61 Å². The van der Waals surface area contributed by atoms with Crippen LogP contribution in [0.3, 0.4) is 0 Å². The van der Waals surface area contributed by atoms with Gasteiger partial charge >= 0.3 is 0 Å². The van der Waals surface area contributed by atoms with Crippen LogP contribution in [0, 0.1) is 0 Å². The van der Waals surface area contributed by atoms with Gasteiger partial charge in [-0.2, -0.15) is 0 Å². The Morgan fingerprint density at radius 1 is 0.966 bits per heavy atom. The van der Waals surface area contributed by atoms with E-state index in [1.165, 1.54) is 5.56 Å². The minimum Gasteiger partial charge on any atom is -0.493 e. The predicted octanol–water partition coefficient (Wildman–Crippen LogP) is 6.68. The van der Waals surface area contributed by atoms with Gasteiger partial charge in [-0.3, -0.25) is 0 Å². The van der Waals surface area contributed by atoms with Gasteiger partial charge in [0.25, 0.3) is 0 Å². The molecule has 1 N–H and O–H groups in total. The summed E-state index contributed by atoms with van der Waals surface area (Å²) in [6.07, 6.45) is 0.911. The molecule has 0 aliphatic carbocycles. The van der Waals surface area contributed by atoms with E-state index in [1.54, 1.807) is 7.11 Å². The average Bonchev–Trinajstić information content (AvgIpc) is 2.73. The number of benzene rings is 3. The predicted molar refractivity (Wildman–Crippen MR) is 123 cm³/mol. The van der Waals surface area contributed by atoms with Gasteiger partial charge in [0.15, 0.2) is 11.5 Å². The summed E-state index contributed by atoms with van der Waals surface area (Å²) in [5.41, 5.74) is 3.17. The summed E-state index contributed by atoms with van der Waals surface area (Å²) in [4.78, 5) is 0. The first-order valence-corrected chi connectivity index (χ1v) is 10.8. The monoisotopic (exact) mass is 493 g/mol. The van der Waals surface area contributed by atoms with E-state index in [4.69, 9.17) is 32.7 Å². The molecule has 6 heteroatoms. The number of methoxy groups -OCH3 is 1. The number of nitrogens with one attached hydrogen (secondary N) is 1. The van der Waals surface area contributed by atoms with Crippen LogP contribution in [0.25, 0.3) is 0 Å². The Bertz CT molecular complexity index is 948. The van der Waals surface area contributed by atoms with Gasteiger partial charge in [0.05, 0.1) is 7.11 Å². The van der Waals surface area contributed by atoms with E-state index in [9.17, 15) is 0 Å². The topological polar surface area (TPSA) is 30.5 Å². The molecule has 0 aliphatic rings. The van der Waals surface area contributed by atoms with Crippen molar-refractivity contribution >= 4 is 39.1 Å². The quantitative estimate of drug-likeness (QED) is 0.336. The second kappa shape index (κ2) is 10.9. The molecule has 0 amide bonds. The van der Waals surface area contributed by atoms with Crippen molar-refractivity contribution in [2.24, 2.45) is 0 Å². The van der Waals surface area contributed by atoms with Crippen LogP contribution in [-0.2, 0) is 19.6 Å². The molecular formula is C23H22BrCl2NO2. The van der Waals surface area contributed by atoms with Crippen LogP contribution >= 0.6 is 39.1 Å². The maximum Gasteiger partial charge on any atom is 0.167 e. The molecule has 0 unspecified atom stereocenters. The summed E-state index contributed by atoms with van der Waals surface area (Å²) in [5.74, 6) is 1.40. The van der Waals surface area contributed by atoms with E-state index in [2.05, 4.69) is 21.2 Å². The zero-order valence-electron chi connectivity index (χ0n) is 16.1. The summed E-state index contributed by atoms with van der Waals surface area (Å²) < 4.78 is 12.6. The molecular weight excluding hydrogens is 473 g/mol. The van der Waals surface area contributed by atoms with Crippen molar-refractivity contribution in [3.05, 3.63) is 91.9 Å². The van der Waals surface area contributed by atoms with Crippen molar-refractivity contribution in [2.75, 3.05) is 13.7 Å². The Morgan fingerprint density at radius 3 is 2.45 bits per heavy atom. The van der Waals surface area contributed by atoms with Gasteiger partial charge in [-0.15, -0.1) is 0 Å². The number of halogens is 3. The summed E-state index contributed by atoms with van der Waals surface area (Å²) in [6.45, 7) is 1.84. The molecule has 3 rings (SSSR count). The van der Waals surface area contributed by atoms with Crippen molar-refractivity contribution in [3.63, 3.8) is 0 Å². The maximum atomic E-state index is 6.26. The van der Waals surface area contributed by atoms with Gasteiger partial charge in [-0.05, 0) is 48.9 Å². The van der Waals surface area contributed by atoms with E-state index in [-0.39, 0.29) is 0 Å². The van der Waals surface area contributed by atoms with E-state index in [0.717, 1.165) is 33.6 Å². The fraction of sp³-hybridized carbons (Fsp3) is 0.217. The molecule has 0 heterocycles. The minimum absolute atomic E-state index is 0.365. The minimum atomic E-state index is 0.365. The fourth-order valence-electron chi connectivity index (χ4n) is 2.93. The van der Waals surface area contributed by atoms with E-state index in [1.807, 2.05) is 60.7 Å². The third-order valence-electron chi connectivity index (χ3n) is 4.52. The van der Waals surface area contributed by atoms with Crippen LogP contribution in [0.5, 0.6) is 11.5 Å². The molecule has 0 saturated carbocycles. The summed E-state index contributed by atoms with van der Waals surface area (Å²) in [5, 5.41) is 4.92. The highest BCUT2D eigenvalue weighted by atomic mass is 79.9. The third kappa shape index (κ3) is 6.13. The fourth-order valence-corrected chi connectivity index (χ4v) is 3.70. The van der Waals surface area contributed by atoms with Crippen LogP contribution in [0.2, 0.25) is 10.0 Å². The van der Waals surface area contributed by atoms with E-state index in [0.29, 0.717) is 29.7 Å². The van der Waals surface area contributed by atoms with Gasteiger partial charge in [0, 0.05) is 32.2 Å². The number of hydrogen-bond acceptors (Lipinski definition) is 3. The van der Waals surface area contributed by atoms with Crippen molar-refractivity contribution in [1.82, 2.24) is 5.32 Å². The molecule has 0 radical (unpaired) electrons. The van der Waals surface area contributed by atoms with Crippen molar-refractivity contribution in [1.29, 1.82) is 0 Å². The molecule has 3 aromatic rings. The van der Waals surface area contributed by atoms with Crippen LogP contribution in [-0.4, -0.2) is 13.7 Å². The zero-order valence-corrected chi connectivity index (χ0v) is 19.2. The normalized spacial score (nSPS) is 10.8. The Labute approximate surface area is 190 Å². The maximum absolute atomic E-state index is 6.26. The lowest BCUT2D eigenvalue weighted by Crippen LogP contribution is -2.18. The van der Waals surface area contributed by atoms with E-state index < -0.39 is 0 Å². The van der Waals surface area contributed by atoms with Crippen LogP contribution in [0.4, 0.5) is 0 Å². The first kappa shape index (κ1) is 22.0. The lowest BCUT2D eigenvalue weighted by Gasteiger charge is -2.17. The Morgan fingerprint density at radius 2 is 1.72 bits per heavy atom. The van der Waals surface area contributed by atoms with Crippen LogP contribution in [0.1, 0.15) is 16.7 Å². The van der Waals surface area contributed by atoms with Gasteiger partial charge in [0.2, 0.25) is 0 Å². The molecule has 0 aromatic heterocycles. The number of rotatable bonds is 9. The smallest absolute Gasteiger partial charge is 0.167 e. The molecule has 0 fully saturated rings. The molecule has 0 atom stereocenters. The number of ether oxygens (including phenoxy) is 2. The highest BCUT2D eigenvalue weighted by Gasteiger charge is 2.15. The lowest BCUT2D eigenvalue weighted by molar-refractivity contribution is 0.280. The third-order valence-corrected chi connectivity index (χ3v) is 5.89. The van der Waals surface area contributed by atoms with Gasteiger partial charge in [-0.1, -0.05) is 69.5 Å². The Kier molecular flexibility index (Phi) is 8.25. The highest BCUT2D eigenvalue weighted by molar-refractivity contribution is 9.10. The molecule has 0 bridgehead atoms. The van der Waals surface area contributed by atoms with E-state index >= 15 is 0 Å².